The van der Waals surface area contributed by atoms with Crippen LogP contribution in [0.2, 0.25) is 0 Å². The topological polar surface area (TPSA) is 106 Å². The van der Waals surface area contributed by atoms with Crippen LogP contribution in [0, 0.1) is 0 Å². The Morgan fingerprint density at radius 2 is 1.46 bits per heavy atom. The molecule has 0 aliphatic carbocycles. The largest absolute Gasteiger partial charge is 0.493 e. The summed E-state index contributed by atoms with van der Waals surface area (Å²) in [6.45, 7) is 1.86. The molecule has 0 radical (unpaired) electrons. The predicted molar refractivity (Wildman–Crippen MR) is 135 cm³/mol. The van der Waals surface area contributed by atoms with Crippen LogP contribution in [0.5, 0.6) is 11.5 Å². The molecule has 0 spiro atoms. The van der Waals surface area contributed by atoms with Crippen molar-refractivity contribution in [1.82, 2.24) is 5.32 Å². The molecule has 3 aromatic carbocycles. The highest BCUT2D eigenvalue weighted by molar-refractivity contribution is 6.04. The Kier molecular flexibility index (Phi) is 8.83. The van der Waals surface area contributed by atoms with E-state index in [0.717, 1.165) is 11.1 Å². The molecule has 0 heterocycles. The lowest BCUT2D eigenvalue weighted by atomic mass is 10.1. The van der Waals surface area contributed by atoms with Crippen molar-refractivity contribution in [2.75, 3.05) is 24.9 Å². The summed E-state index contributed by atoms with van der Waals surface area (Å²) in [6.07, 6.45) is 0.713. The maximum Gasteiger partial charge on any atom is 0.319 e. The van der Waals surface area contributed by atoms with Crippen LogP contribution >= 0.6 is 0 Å². The molecule has 0 aliphatic heterocycles. The summed E-state index contributed by atoms with van der Waals surface area (Å²) >= 11 is 0. The van der Waals surface area contributed by atoms with Crippen LogP contribution in [0.25, 0.3) is 0 Å². The second kappa shape index (κ2) is 12.2. The average molecular weight is 476 g/mol. The fraction of sp³-hybridized carbons (Fsp3) is 0.222. The minimum absolute atomic E-state index is 0.197. The maximum atomic E-state index is 12.6. The van der Waals surface area contributed by atoms with Crippen LogP contribution in [0.1, 0.15) is 34.8 Å². The SMILES string of the molecule is COc1cc(NC(=O)CCc2ccc(NC(=O)NCc3ccccc3)cc2)c(C(C)=O)cc1OC. The van der Waals surface area contributed by atoms with E-state index in [9.17, 15) is 14.4 Å². The van der Waals surface area contributed by atoms with Gasteiger partial charge in [0.2, 0.25) is 5.91 Å². The maximum absolute atomic E-state index is 12.6. The number of hydrogen-bond donors (Lipinski definition) is 3. The number of benzene rings is 3. The van der Waals surface area contributed by atoms with E-state index in [2.05, 4.69) is 16.0 Å². The molecule has 8 nitrogen and oxygen atoms in total. The fourth-order valence-corrected chi connectivity index (χ4v) is 3.45. The average Bonchev–Trinajstić information content (AvgIpc) is 2.87. The predicted octanol–water partition coefficient (Wildman–Crippen LogP) is 4.80. The Morgan fingerprint density at radius 3 is 2.09 bits per heavy atom. The van der Waals surface area contributed by atoms with Crippen molar-refractivity contribution in [1.29, 1.82) is 0 Å². The van der Waals surface area contributed by atoms with E-state index in [4.69, 9.17) is 9.47 Å². The van der Waals surface area contributed by atoms with Gasteiger partial charge in [-0.05, 0) is 42.7 Å². The zero-order valence-electron chi connectivity index (χ0n) is 20.0. The summed E-state index contributed by atoms with van der Waals surface area (Å²) in [5.41, 5.74) is 3.33. The lowest BCUT2D eigenvalue weighted by Crippen LogP contribution is -2.28. The third-order valence-corrected chi connectivity index (χ3v) is 5.33. The molecule has 0 aromatic heterocycles. The van der Waals surface area contributed by atoms with Gasteiger partial charge in [-0.3, -0.25) is 9.59 Å². The van der Waals surface area contributed by atoms with Crippen molar-refractivity contribution in [3.8, 4) is 11.5 Å². The highest BCUT2D eigenvalue weighted by Gasteiger charge is 2.16. The van der Waals surface area contributed by atoms with Gasteiger partial charge in [-0.1, -0.05) is 42.5 Å². The van der Waals surface area contributed by atoms with E-state index < -0.39 is 0 Å². The molecule has 0 fully saturated rings. The lowest BCUT2D eigenvalue weighted by molar-refractivity contribution is -0.116. The third-order valence-electron chi connectivity index (χ3n) is 5.33. The van der Waals surface area contributed by atoms with Crippen molar-refractivity contribution in [2.45, 2.75) is 26.3 Å². The van der Waals surface area contributed by atoms with Crippen LogP contribution < -0.4 is 25.4 Å². The number of amides is 3. The summed E-state index contributed by atoms with van der Waals surface area (Å²) < 4.78 is 10.5. The number of aryl methyl sites for hydroxylation is 1. The van der Waals surface area contributed by atoms with Crippen LogP contribution in [-0.2, 0) is 17.8 Å². The van der Waals surface area contributed by atoms with Gasteiger partial charge in [0.1, 0.15) is 0 Å². The number of rotatable bonds is 10. The third kappa shape index (κ3) is 7.33. The number of carbonyl (C=O) groups excluding carboxylic acids is 3. The lowest BCUT2D eigenvalue weighted by Gasteiger charge is -2.14. The van der Waals surface area contributed by atoms with Gasteiger partial charge in [0, 0.05) is 30.3 Å². The number of methoxy groups -OCH3 is 2. The Labute approximate surface area is 204 Å². The van der Waals surface area contributed by atoms with Gasteiger partial charge < -0.3 is 25.4 Å². The van der Waals surface area contributed by atoms with Crippen molar-refractivity contribution >= 4 is 29.1 Å². The molecule has 0 unspecified atom stereocenters. The van der Waals surface area contributed by atoms with E-state index in [1.54, 1.807) is 24.3 Å². The normalized spacial score (nSPS) is 10.3. The molecular weight excluding hydrogens is 446 g/mol. The Bertz CT molecular complexity index is 1180. The van der Waals surface area contributed by atoms with Crippen LogP contribution in [0.4, 0.5) is 16.2 Å². The second-order valence-corrected chi connectivity index (χ2v) is 7.85. The van der Waals surface area contributed by atoms with Gasteiger partial charge in [-0.2, -0.15) is 0 Å². The fourth-order valence-electron chi connectivity index (χ4n) is 3.45. The van der Waals surface area contributed by atoms with Crippen molar-refractivity contribution in [2.24, 2.45) is 0 Å². The number of carbonyl (C=O) groups is 3. The summed E-state index contributed by atoms with van der Waals surface area (Å²) in [6, 6.07) is 19.8. The number of hydrogen-bond acceptors (Lipinski definition) is 5. The van der Waals surface area contributed by atoms with E-state index in [-0.39, 0.29) is 24.1 Å². The first-order chi connectivity index (χ1) is 16.9. The van der Waals surface area contributed by atoms with Crippen molar-refractivity contribution < 1.29 is 23.9 Å². The Balaban J connectivity index is 1.52. The summed E-state index contributed by atoms with van der Waals surface area (Å²) in [5, 5.41) is 8.39. The minimum Gasteiger partial charge on any atom is -0.493 e. The highest BCUT2D eigenvalue weighted by atomic mass is 16.5. The molecule has 8 heteroatoms. The second-order valence-electron chi connectivity index (χ2n) is 7.85. The van der Waals surface area contributed by atoms with Crippen molar-refractivity contribution in [3.05, 3.63) is 83.4 Å². The van der Waals surface area contributed by atoms with Gasteiger partial charge in [0.15, 0.2) is 17.3 Å². The molecule has 3 amide bonds. The van der Waals surface area contributed by atoms with Gasteiger partial charge in [0.05, 0.1) is 19.9 Å². The molecule has 0 saturated carbocycles. The quantitative estimate of drug-likeness (QED) is 0.365. The van der Waals surface area contributed by atoms with Crippen molar-refractivity contribution in [3.63, 3.8) is 0 Å². The molecule has 182 valence electrons. The summed E-state index contributed by atoms with van der Waals surface area (Å²) in [4.78, 5) is 36.7. The molecule has 35 heavy (non-hydrogen) atoms. The molecule has 0 bridgehead atoms. The first-order valence-electron chi connectivity index (χ1n) is 11.1. The van der Waals surface area contributed by atoms with Gasteiger partial charge >= 0.3 is 6.03 Å². The molecule has 0 atom stereocenters. The molecule has 0 aliphatic rings. The van der Waals surface area contributed by atoms with Crippen LogP contribution in [0.3, 0.4) is 0 Å². The monoisotopic (exact) mass is 475 g/mol. The number of urea groups is 1. The Morgan fingerprint density at radius 1 is 0.800 bits per heavy atom. The summed E-state index contributed by atoms with van der Waals surface area (Å²) in [5.74, 6) is 0.404. The molecule has 3 rings (SSSR count). The number of ketones is 1. The first kappa shape index (κ1) is 25.3. The van der Waals surface area contributed by atoms with Gasteiger partial charge in [-0.15, -0.1) is 0 Å². The number of nitrogens with one attached hydrogen (secondary N) is 3. The number of ether oxygens (including phenoxy) is 2. The molecule has 3 N–H and O–H groups in total. The molecular formula is C27H29N3O5. The first-order valence-corrected chi connectivity index (χ1v) is 11.1. The van der Waals surface area contributed by atoms with Gasteiger partial charge in [0.25, 0.3) is 0 Å². The molecule has 3 aromatic rings. The molecule has 0 saturated heterocycles. The minimum atomic E-state index is -0.294. The van der Waals surface area contributed by atoms with Crippen LogP contribution in [0.15, 0.2) is 66.7 Å². The van der Waals surface area contributed by atoms with Crippen LogP contribution in [-0.4, -0.2) is 31.9 Å². The zero-order valence-corrected chi connectivity index (χ0v) is 20.0. The summed E-state index contributed by atoms with van der Waals surface area (Å²) in [7, 11) is 2.97. The van der Waals surface area contributed by atoms with Gasteiger partial charge in [-0.25, -0.2) is 4.79 Å². The number of anilines is 2. The number of Topliss-reactive ketones (excluding diaryl/α,β-unsaturated/α-hetero) is 1. The smallest absolute Gasteiger partial charge is 0.319 e. The van der Waals surface area contributed by atoms with E-state index in [0.29, 0.717) is 41.4 Å². The van der Waals surface area contributed by atoms with E-state index in [1.165, 1.54) is 21.1 Å². The Hall–Kier alpha value is -4.33. The van der Waals surface area contributed by atoms with E-state index in [1.807, 2.05) is 42.5 Å². The zero-order chi connectivity index (χ0) is 25.2. The highest BCUT2D eigenvalue weighted by Crippen LogP contribution is 2.33. The standard InChI is InChI=1S/C27H29N3O5/c1-18(31)22-15-24(34-2)25(35-3)16-23(22)30-26(32)14-11-19-9-12-21(13-10-19)29-27(33)28-17-20-7-5-4-6-8-20/h4-10,12-13,15-16H,11,14,17H2,1-3H3,(H,30,32)(H2,28,29,33). The van der Waals surface area contributed by atoms with E-state index >= 15 is 0 Å².